The lowest BCUT2D eigenvalue weighted by Crippen LogP contribution is -2.25. The summed E-state index contributed by atoms with van der Waals surface area (Å²) < 4.78 is 4.46. The summed E-state index contributed by atoms with van der Waals surface area (Å²) in [6.45, 7) is 0.387. The number of hydrogen-bond donors (Lipinski definition) is 3. The maximum Gasteiger partial charge on any atom is 0.305 e. The number of carbonyl (C=O) groups excluding carboxylic acids is 2. The third kappa shape index (κ3) is 3.26. The van der Waals surface area contributed by atoms with Crippen LogP contribution in [0.1, 0.15) is 23.2 Å². The summed E-state index contributed by atoms with van der Waals surface area (Å²) in [5.74, 6) is -0.376. The Morgan fingerprint density at radius 3 is 2.94 bits per heavy atom. The number of aromatic amines is 1. The minimum atomic E-state index is -0.309. The molecular formula is C9H14N4O3. The van der Waals surface area contributed by atoms with Crippen molar-refractivity contribution in [2.75, 3.05) is 19.4 Å². The van der Waals surface area contributed by atoms with Gasteiger partial charge in [-0.2, -0.15) is 5.10 Å². The summed E-state index contributed by atoms with van der Waals surface area (Å²) in [4.78, 5) is 22.2. The molecule has 4 N–H and O–H groups in total. The molecule has 1 aromatic rings. The second-order valence-corrected chi connectivity index (χ2v) is 3.13. The number of nitrogen functional groups attached to an aromatic ring is 1. The standard InChI is InChI=1S/C9H14N4O3/c1-16-7(14)3-2-4-11-9(15)6-5-12-13-8(6)10/h5H,2-4H2,1H3,(H,11,15)(H3,10,12,13). The second kappa shape index (κ2) is 5.74. The highest BCUT2D eigenvalue weighted by molar-refractivity contribution is 5.98. The molecule has 16 heavy (non-hydrogen) atoms. The molecule has 0 aliphatic rings. The van der Waals surface area contributed by atoms with Crippen molar-refractivity contribution < 1.29 is 14.3 Å². The topological polar surface area (TPSA) is 110 Å². The molecule has 0 bridgehead atoms. The van der Waals surface area contributed by atoms with Gasteiger partial charge in [-0.1, -0.05) is 0 Å². The second-order valence-electron chi connectivity index (χ2n) is 3.13. The molecule has 1 aromatic heterocycles. The molecule has 0 spiro atoms. The average molecular weight is 226 g/mol. The average Bonchev–Trinajstić information content (AvgIpc) is 2.70. The van der Waals surface area contributed by atoms with Crippen molar-refractivity contribution in [1.29, 1.82) is 0 Å². The molecule has 0 atom stereocenters. The summed E-state index contributed by atoms with van der Waals surface area (Å²) in [5, 5.41) is 8.71. The maximum atomic E-state index is 11.5. The molecule has 7 nitrogen and oxygen atoms in total. The van der Waals surface area contributed by atoms with E-state index in [-0.39, 0.29) is 24.1 Å². The molecule has 0 aliphatic carbocycles. The number of nitrogens with two attached hydrogens (primary N) is 1. The molecule has 0 saturated carbocycles. The Morgan fingerprint density at radius 1 is 1.62 bits per heavy atom. The molecule has 1 rings (SSSR count). The lowest BCUT2D eigenvalue weighted by Gasteiger charge is -2.03. The van der Waals surface area contributed by atoms with Crippen LogP contribution in [0.3, 0.4) is 0 Å². The van der Waals surface area contributed by atoms with Crippen LogP contribution < -0.4 is 11.1 Å². The van der Waals surface area contributed by atoms with Gasteiger partial charge in [0.2, 0.25) is 0 Å². The normalized spacial score (nSPS) is 9.81. The first-order chi connectivity index (χ1) is 7.65. The number of carbonyl (C=O) groups is 2. The molecular weight excluding hydrogens is 212 g/mol. The number of esters is 1. The van der Waals surface area contributed by atoms with Crippen molar-refractivity contribution in [3.05, 3.63) is 11.8 Å². The number of hydrogen-bond acceptors (Lipinski definition) is 5. The highest BCUT2D eigenvalue weighted by atomic mass is 16.5. The summed E-state index contributed by atoms with van der Waals surface area (Å²) in [5.41, 5.74) is 5.77. The number of amides is 1. The third-order valence-electron chi connectivity index (χ3n) is 1.98. The first-order valence-electron chi connectivity index (χ1n) is 4.79. The Morgan fingerprint density at radius 2 is 2.38 bits per heavy atom. The van der Waals surface area contributed by atoms with Gasteiger partial charge in [-0.25, -0.2) is 0 Å². The van der Waals surface area contributed by atoms with Crippen LogP contribution in [-0.2, 0) is 9.53 Å². The van der Waals surface area contributed by atoms with E-state index in [0.29, 0.717) is 18.5 Å². The molecule has 0 fully saturated rings. The van der Waals surface area contributed by atoms with Crippen molar-refractivity contribution in [3.8, 4) is 0 Å². The van der Waals surface area contributed by atoms with Gasteiger partial charge in [-0.05, 0) is 6.42 Å². The summed E-state index contributed by atoms with van der Waals surface area (Å²) in [6, 6.07) is 0. The Bertz CT molecular complexity index is 375. The molecule has 0 saturated heterocycles. The lowest BCUT2D eigenvalue weighted by atomic mass is 10.3. The van der Waals surface area contributed by atoms with E-state index in [4.69, 9.17) is 5.73 Å². The van der Waals surface area contributed by atoms with Crippen molar-refractivity contribution in [1.82, 2.24) is 15.5 Å². The molecule has 1 amide bonds. The summed E-state index contributed by atoms with van der Waals surface area (Å²) in [6.07, 6.45) is 2.15. The van der Waals surface area contributed by atoms with Gasteiger partial charge in [0.05, 0.1) is 13.3 Å². The van der Waals surface area contributed by atoms with Crippen LogP contribution in [0.25, 0.3) is 0 Å². The molecule has 0 aliphatic heterocycles. The van der Waals surface area contributed by atoms with Crippen LogP contribution >= 0.6 is 0 Å². The van der Waals surface area contributed by atoms with Gasteiger partial charge in [-0.15, -0.1) is 0 Å². The van der Waals surface area contributed by atoms with Gasteiger partial charge >= 0.3 is 5.97 Å². The molecule has 0 unspecified atom stereocenters. The minimum Gasteiger partial charge on any atom is -0.469 e. The number of aromatic nitrogens is 2. The van der Waals surface area contributed by atoms with Crippen LogP contribution in [0.5, 0.6) is 0 Å². The number of nitrogens with one attached hydrogen (secondary N) is 2. The van der Waals surface area contributed by atoms with E-state index in [2.05, 4.69) is 20.3 Å². The van der Waals surface area contributed by atoms with Crippen LogP contribution in [0.2, 0.25) is 0 Å². The number of nitrogens with zero attached hydrogens (tertiary/aromatic N) is 1. The predicted octanol–water partition coefficient (Wildman–Crippen LogP) is -0.325. The zero-order valence-corrected chi connectivity index (χ0v) is 8.95. The largest absolute Gasteiger partial charge is 0.469 e. The highest BCUT2D eigenvalue weighted by Crippen LogP contribution is 2.04. The molecule has 88 valence electrons. The first kappa shape index (κ1) is 12.0. The Balaban J connectivity index is 2.26. The number of ether oxygens (including phenoxy) is 1. The van der Waals surface area contributed by atoms with E-state index in [1.165, 1.54) is 13.3 Å². The Kier molecular flexibility index (Phi) is 4.31. The zero-order chi connectivity index (χ0) is 12.0. The lowest BCUT2D eigenvalue weighted by molar-refractivity contribution is -0.140. The number of anilines is 1. The van der Waals surface area contributed by atoms with E-state index in [0.717, 1.165) is 0 Å². The monoisotopic (exact) mass is 226 g/mol. The van der Waals surface area contributed by atoms with Crippen molar-refractivity contribution >= 4 is 17.7 Å². The fourth-order valence-electron chi connectivity index (χ4n) is 1.11. The predicted molar refractivity (Wildman–Crippen MR) is 56.6 cm³/mol. The van der Waals surface area contributed by atoms with Crippen LogP contribution in [0.15, 0.2) is 6.20 Å². The quantitative estimate of drug-likeness (QED) is 0.470. The van der Waals surface area contributed by atoms with Crippen molar-refractivity contribution in [2.24, 2.45) is 0 Å². The highest BCUT2D eigenvalue weighted by Gasteiger charge is 2.10. The van der Waals surface area contributed by atoms with Gasteiger partial charge < -0.3 is 15.8 Å². The molecule has 0 radical (unpaired) electrons. The SMILES string of the molecule is COC(=O)CCCNC(=O)c1cn[nH]c1N. The van der Waals surface area contributed by atoms with E-state index in [1.54, 1.807) is 0 Å². The number of methoxy groups -OCH3 is 1. The van der Waals surface area contributed by atoms with E-state index >= 15 is 0 Å². The third-order valence-corrected chi connectivity index (χ3v) is 1.98. The zero-order valence-electron chi connectivity index (χ0n) is 8.95. The smallest absolute Gasteiger partial charge is 0.305 e. The van der Waals surface area contributed by atoms with E-state index in [9.17, 15) is 9.59 Å². The summed E-state index contributed by atoms with van der Waals surface area (Å²) in [7, 11) is 1.33. The Hall–Kier alpha value is -2.05. The van der Waals surface area contributed by atoms with Crippen LogP contribution in [0, 0.1) is 0 Å². The van der Waals surface area contributed by atoms with Crippen molar-refractivity contribution in [2.45, 2.75) is 12.8 Å². The fraction of sp³-hybridized carbons (Fsp3) is 0.444. The maximum absolute atomic E-state index is 11.5. The fourth-order valence-corrected chi connectivity index (χ4v) is 1.11. The summed E-state index contributed by atoms with van der Waals surface area (Å²) >= 11 is 0. The van der Waals surface area contributed by atoms with Crippen LogP contribution in [0.4, 0.5) is 5.82 Å². The van der Waals surface area contributed by atoms with Gasteiger partial charge in [0.25, 0.3) is 5.91 Å². The Labute approximate surface area is 92.3 Å². The van der Waals surface area contributed by atoms with E-state index < -0.39 is 0 Å². The van der Waals surface area contributed by atoms with Gasteiger partial charge in [0.1, 0.15) is 11.4 Å². The molecule has 0 aromatic carbocycles. The molecule has 7 heteroatoms. The minimum absolute atomic E-state index is 0.227. The first-order valence-corrected chi connectivity index (χ1v) is 4.79. The van der Waals surface area contributed by atoms with E-state index in [1.807, 2.05) is 0 Å². The van der Waals surface area contributed by atoms with Gasteiger partial charge in [0, 0.05) is 13.0 Å². The van der Waals surface area contributed by atoms with Crippen molar-refractivity contribution in [3.63, 3.8) is 0 Å². The number of rotatable bonds is 5. The molecule has 1 heterocycles. The number of H-pyrrole nitrogens is 1. The van der Waals surface area contributed by atoms with Gasteiger partial charge in [-0.3, -0.25) is 14.7 Å². The van der Waals surface area contributed by atoms with Crippen LogP contribution in [-0.4, -0.2) is 35.7 Å². The van der Waals surface area contributed by atoms with Gasteiger partial charge in [0.15, 0.2) is 0 Å².